The minimum atomic E-state index is -0.0323. The predicted octanol–water partition coefficient (Wildman–Crippen LogP) is 2.81. The van der Waals surface area contributed by atoms with Crippen molar-refractivity contribution >= 4 is 41.5 Å². The Bertz CT molecular complexity index is 558. The van der Waals surface area contributed by atoms with Crippen LogP contribution in [0.3, 0.4) is 0 Å². The van der Waals surface area contributed by atoms with Crippen molar-refractivity contribution in [1.82, 2.24) is 15.6 Å². The fourth-order valence-electron chi connectivity index (χ4n) is 1.98. The zero-order valence-corrected chi connectivity index (χ0v) is 13.6. The normalized spacial score (nSPS) is 9.57. The van der Waals surface area contributed by atoms with Crippen molar-refractivity contribution in [3.8, 4) is 0 Å². The lowest BCUT2D eigenvalue weighted by Gasteiger charge is -2.08. The summed E-state index contributed by atoms with van der Waals surface area (Å²) < 4.78 is 0. The zero-order chi connectivity index (χ0) is 13.5. The molecule has 1 aromatic heterocycles. The van der Waals surface area contributed by atoms with Gasteiger partial charge in [0, 0.05) is 36.4 Å². The summed E-state index contributed by atoms with van der Waals surface area (Å²) in [6.07, 6.45) is 4.58. The van der Waals surface area contributed by atoms with Crippen molar-refractivity contribution in [2.45, 2.75) is 13.3 Å². The number of halogens is 2. The Morgan fingerprint density at radius 2 is 1.95 bits per heavy atom. The van der Waals surface area contributed by atoms with E-state index in [1.54, 1.807) is 12.4 Å². The molecule has 0 saturated carbocycles. The molecular formula is C15H21Cl2N3O. The van der Waals surface area contributed by atoms with Crippen LogP contribution >= 0.6 is 24.8 Å². The summed E-state index contributed by atoms with van der Waals surface area (Å²) in [6, 6.07) is 7.56. The SMILES string of the molecule is CCCNCCNC(=O)c1cccc2cnccc12.Cl.Cl. The summed E-state index contributed by atoms with van der Waals surface area (Å²) in [5, 5.41) is 8.11. The van der Waals surface area contributed by atoms with Crippen LogP contribution < -0.4 is 10.6 Å². The van der Waals surface area contributed by atoms with E-state index in [4.69, 9.17) is 0 Å². The standard InChI is InChI=1S/C15H19N3O.2ClH/c1-2-7-16-9-10-18-15(19)14-5-3-4-12-11-17-8-6-13(12)14;;/h3-6,8,11,16H,2,7,9-10H2,1H3,(H,18,19);2*1H. The Morgan fingerprint density at radius 3 is 2.71 bits per heavy atom. The van der Waals surface area contributed by atoms with Gasteiger partial charge in [-0.2, -0.15) is 0 Å². The highest BCUT2D eigenvalue weighted by Gasteiger charge is 2.08. The second-order valence-electron chi connectivity index (χ2n) is 4.41. The molecule has 116 valence electrons. The Kier molecular flexibility index (Phi) is 9.71. The van der Waals surface area contributed by atoms with Gasteiger partial charge in [0.15, 0.2) is 0 Å². The fraction of sp³-hybridized carbons (Fsp3) is 0.333. The second kappa shape index (κ2) is 10.4. The predicted molar refractivity (Wildman–Crippen MR) is 91.7 cm³/mol. The van der Waals surface area contributed by atoms with Gasteiger partial charge in [-0.3, -0.25) is 9.78 Å². The van der Waals surface area contributed by atoms with E-state index in [9.17, 15) is 4.79 Å². The number of pyridine rings is 1. The van der Waals surface area contributed by atoms with Gasteiger partial charge in [-0.25, -0.2) is 0 Å². The van der Waals surface area contributed by atoms with Crippen LogP contribution in [0.4, 0.5) is 0 Å². The molecule has 0 aliphatic rings. The second-order valence-corrected chi connectivity index (χ2v) is 4.41. The lowest BCUT2D eigenvalue weighted by molar-refractivity contribution is 0.0955. The summed E-state index contributed by atoms with van der Waals surface area (Å²) in [7, 11) is 0. The highest BCUT2D eigenvalue weighted by atomic mass is 35.5. The van der Waals surface area contributed by atoms with Crippen LogP contribution in [0, 0.1) is 0 Å². The topological polar surface area (TPSA) is 54.0 Å². The number of amides is 1. The average molecular weight is 330 g/mol. The highest BCUT2D eigenvalue weighted by Crippen LogP contribution is 2.16. The van der Waals surface area contributed by atoms with Gasteiger partial charge in [-0.1, -0.05) is 19.1 Å². The molecule has 1 aromatic carbocycles. The van der Waals surface area contributed by atoms with Crippen molar-refractivity contribution in [1.29, 1.82) is 0 Å². The van der Waals surface area contributed by atoms with Gasteiger partial charge in [-0.05, 0) is 30.5 Å². The van der Waals surface area contributed by atoms with Gasteiger partial charge < -0.3 is 10.6 Å². The molecule has 4 nitrogen and oxygen atoms in total. The minimum Gasteiger partial charge on any atom is -0.351 e. The van der Waals surface area contributed by atoms with Gasteiger partial charge in [0.05, 0.1) is 0 Å². The van der Waals surface area contributed by atoms with E-state index in [1.807, 2.05) is 24.3 Å². The van der Waals surface area contributed by atoms with E-state index in [2.05, 4.69) is 22.5 Å². The molecule has 0 bridgehead atoms. The molecule has 0 unspecified atom stereocenters. The summed E-state index contributed by atoms with van der Waals surface area (Å²) >= 11 is 0. The van der Waals surface area contributed by atoms with Crippen LogP contribution in [0.25, 0.3) is 10.8 Å². The number of fused-ring (bicyclic) bond motifs is 1. The monoisotopic (exact) mass is 329 g/mol. The molecule has 2 rings (SSSR count). The largest absolute Gasteiger partial charge is 0.351 e. The first-order valence-corrected chi connectivity index (χ1v) is 6.64. The number of rotatable bonds is 6. The first-order valence-electron chi connectivity index (χ1n) is 6.64. The van der Waals surface area contributed by atoms with E-state index in [1.165, 1.54) is 0 Å². The highest BCUT2D eigenvalue weighted by molar-refractivity contribution is 6.06. The third-order valence-electron chi connectivity index (χ3n) is 2.94. The lowest BCUT2D eigenvalue weighted by atomic mass is 10.1. The van der Waals surface area contributed by atoms with E-state index in [-0.39, 0.29) is 30.7 Å². The fourth-order valence-corrected chi connectivity index (χ4v) is 1.98. The van der Waals surface area contributed by atoms with Crippen molar-refractivity contribution in [2.75, 3.05) is 19.6 Å². The quantitative estimate of drug-likeness (QED) is 0.801. The Balaban J connectivity index is 0.00000200. The van der Waals surface area contributed by atoms with Crippen LogP contribution in [0.1, 0.15) is 23.7 Å². The van der Waals surface area contributed by atoms with E-state index in [0.29, 0.717) is 12.1 Å². The number of hydrogen-bond acceptors (Lipinski definition) is 3. The number of nitrogens with one attached hydrogen (secondary N) is 2. The molecule has 0 radical (unpaired) electrons. The van der Waals surface area contributed by atoms with Gasteiger partial charge in [0.1, 0.15) is 0 Å². The summed E-state index contributed by atoms with van der Waals surface area (Å²) in [6.45, 7) is 4.54. The molecule has 2 N–H and O–H groups in total. The third kappa shape index (κ3) is 5.50. The van der Waals surface area contributed by atoms with E-state index in [0.717, 1.165) is 30.3 Å². The first-order chi connectivity index (χ1) is 9.33. The van der Waals surface area contributed by atoms with Crippen LogP contribution in [0.15, 0.2) is 36.7 Å². The van der Waals surface area contributed by atoms with E-state index >= 15 is 0 Å². The molecule has 6 heteroatoms. The maximum atomic E-state index is 12.1. The minimum absolute atomic E-state index is 0. The van der Waals surface area contributed by atoms with Crippen LogP contribution in [-0.4, -0.2) is 30.5 Å². The third-order valence-corrected chi connectivity index (χ3v) is 2.94. The van der Waals surface area contributed by atoms with E-state index < -0.39 is 0 Å². The van der Waals surface area contributed by atoms with Crippen LogP contribution in [-0.2, 0) is 0 Å². The molecule has 0 aliphatic carbocycles. The summed E-state index contributed by atoms with van der Waals surface area (Å²) in [5.74, 6) is -0.0323. The zero-order valence-electron chi connectivity index (χ0n) is 12.0. The number of carbonyl (C=O) groups is 1. The molecule has 0 atom stereocenters. The summed E-state index contributed by atoms with van der Waals surface area (Å²) in [5.41, 5.74) is 0.704. The van der Waals surface area contributed by atoms with Gasteiger partial charge in [-0.15, -0.1) is 24.8 Å². The smallest absolute Gasteiger partial charge is 0.251 e. The number of benzene rings is 1. The summed E-state index contributed by atoms with van der Waals surface area (Å²) in [4.78, 5) is 16.2. The van der Waals surface area contributed by atoms with Crippen molar-refractivity contribution in [3.63, 3.8) is 0 Å². The molecular weight excluding hydrogens is 309 g/mol. The first kappa shape index (κ1) is 19.6. The van der Waals surface area contributed by atoms with Crippen molar-refractivity contribution in [3.05, 3.63) is 42.2 Å². The Morgan fingerprint density at radius 1 is 1.14 bits per heavy atom. The maximum Gasteiger partial charge on any atom is 0.251 e. The molecule has 0 saturated heterocycles. The number of aromatic nitrogens is 1. The molecule has 2 aromatic rings. The maximum absolute atomic E-state index is 12.1. The van der Waals surface area contributed by atoms with Gasteiger partial charge in [0.25, 0.3) is 5.91 Å². The Labute approximate surface area is 137 Å². The Hall–Kier alpha value is -1.36. The van der Waals surface area contributed by atoms with Crippen molar-refractivity contribution in [2.24, 2.45) is 0 Å². The van der Waals surface area contributed by atoms with Crippen LogP contribution in [0.2, 0.25) is 0 Å². The van der Waals surface area contributed by atoms with Crippen molar-refractivity contribution < 1.29 is 4.79 Å². The number of nitrogens with zero attached hydrogens (tertiary/aromatic N) is 1. The molecule has 0 aliphatic heterocycles. The molecule has 21 heavy (non-hydrogen) atoms. The van der Waals surface area contributed by atoms with Crippen LogP contribution in [0.5, 0.6) is 0 Å². The van der Waals surface area contributed by atoms with Gasteiger partial charge >= 0.3 is 0 Å². The molecule has 0 fully saturated rings. The average Bonchev–Trinajstić information content (AvgIpc) is 2.46. The van der Waals surface area contributed by atoms with Gasteiger partial charge in [0.2, 0.25) is 0 Å². The lowest BCUT2D eigenvalue weighted by Crippen LogP contribution is -2.32. The molecule has 0 spiro atoms. The number of hydrogen-bond donors (Lipinski definition) is 2. The number of carbonyl (C=O) groups excluding carboxylic acids is 1. The molecule has 1 heterocycles. The molecule has 1 amide bonds.